The number of carboxylic acid groups (broad SMARTS) is 1. The van der Waals surface area contributed by atoms with E-state index in [1.54, 1.807) is 17.0 Å². The molecular weight excluding hydrogens is 385 g/mol. The van der Waals surface area contributed by atoms with Crippen molar-refractivity contribution in [2.24, 2.45) is 0 Å². The summed E-state index contributed by atoms with van der Waals surface area (Å²) >= 11 is 2.04. The molecule has 1 aliphatic heterocycles. The van der Waals surface area contributed by atoms with Crippen LogP contribution in [0, 0.1) is 3.57 Å². The molecule has 1 fully saturated rings. The van der Waals surface area contributed by atoms with Crippen LogP contribution in [0.5, 0.6) is 5.75 Å². The minimum atomic E-state index is -1.05. The fourth-order valence-corrected chi connectivity index (χ4v) is 2.84. The average molecular weight is 403 g/mol. The van der Waals surface area contributed by atoms with E-state index < -0.39 is 5.97 Å². The molecule has 0 unspecified atom stereocenters. The SMILES string of the molecule is O=C(O)c1cc(I)ccc1OCC(=O)N1CCCCCC1. The van der Waals surface area contributed by atoms with Gasteiger partial charge in [-0.1, -0.05) is 12.8 Å². The lowest BCUT2D eigenvalue weighted by Gasteiger charge is -2.20. The van der Waals surface area contributed by atoms with Crippen molar-refractivity contribution in [3.63, 3.8) is 0 Å². The van der Waals surface area contributed by atoms with E-state index >= 15 is 0 Å². The van der Waals surface area contributed by atoms with Crippen molar-refractivity contribution in [3.8, 4) is 5.75 Å². The standard InChI is InChI=1S/C15H18INO4/c16-11-5-6-13(12(9-11)15(19)20)21-10-14(18)17-7-3-1-2-4-8-17/h5-6,9H,1-4,7-8,10H2,(H,19,20). The van der Waals surface area contributed by atoms with E-state index in [0.29, 0.717) is 0 Å². The third-order valence-corrected chi connectivity index (χ3v) is 4.15. The summed E-state index contributed by atoms with van der Waals surface area (Å²) < 4.78 is 6.25. The summed E-state index contributed by atoms with van der Waals surface area (Å²) in [5, 5.41) is 9.16. The highest BCUT2D eigenvalue weighted by Gasteiger charge is 2.18. The molecule has 1 aromatic carbocycles. The molecule has 1 N–H and O–H groups in total. The highest BCUT2D eigenvalue weighted by Crippen LogP contribution is 2.21. The topological polar surface area (TPSA) is 66.8 Å². The molecule has 1 saturated heterocycles. The van der Waals surface area contributed by atoms with Crippen molar-refractivity contribution in [1.82, 2.24) is 4.90 Å². The highest BCUT2D eigenvalue weighted by atomic mass is 127. The van der Waals surface area contributed by atoms with Gasteiger partial charge in [0.1, 0.15) is 11.3 Å². The molecule has 114 valence electrons. The smallest absolute Gasteiger partial charge is 0.339 e. The van der Waals surface area contributed by atoms with Crippen LogP contribution in [0.25, 0.3) is 0 Å². The number of halogens is 1. The molecule has 0 atom stereocenters. The van der Waals surface area contributed by atoms with Gasteiger partial charge in [0, 0.05) is 16.7 Å². The number of benzene rings is 1. The van der Waals surface area contributed by atoms with Gasteiger partial charge in [0.15, 0.2) is 6.61 Å². The van der Waals surface area contributed by atoms with Crippen LogP contribution in [0.3, 0.4) is 0 Å². The number of nitrogens with zero attached hydrogens (tertiary/aromatic N) is 1. The Morgan fingerprint density at radius 2 is 1.86 bits per heavy atom. The summed E-state index contributed by atoms with van der Waals surface area (Å²) in [4.78, 5) is 25.1. The number of hydrogen-bond acceptors (Lipinski definition) is 3. The molecule has 0 spiro atoms. The van der Waals surface area contributed by atoms with Crippen LogP contribution in [0.1, 0.15) is 36.0 Å². The Balaban J connectivity index is 1.99. The van der Waals surface area contributed by atoms with Gasteiger partial charge in [0.25, 0.3) is 5.91 Å². The van der Waals surface area contributed by atoms with E-state index in [-0.39, 0.29) is 23.8 Å². The number of rotatable bonds is 4. The Bertz CT molecular complexity index is 524. The zero-order valence-corrected chi connectivity index (χ0v) is 13.8. The number of carbonyl (C=O) groups is 2. The maximum absolute atomic E-state index is 12.1. The van der Waals surface area contributed by atoms with Crippen LogP contribution < -0.4 is 4.74 Å². The normalized spacial score (nSPS) is 15.4. The van der Waals surface area contributed by atoms with Crippen molar-refractivity contribution in [2.75, 3.05) is 19.7 Å². The first-order chi connectivity index (χ1) is 10.1. The molecule has 0 aliphatic carbocycles. The largest absolute Gasteiger partial charge is 0.483 e. The molecule has 2 rings (SSSR count). The molecular formula is C15H18INO4. The van der Waals surface area contributed by atoms with Crippen molar-refractivity contribution in [2.45, 2.75) is 25.7 Å². The maximum Gasteiger partial charge on any atom is 0.339 e. The molecule has 1 aromatic rings. The molecule has 0 radical (unpaired) electrons. The number of ether oxygens (including phenoxy) is 1. The van der Waals surface area contributed by atoms with Gasteiger partial charge in [0.05, 0.1) is 0 Å². The van der Waals surface area contributed by atoms with Gasteiger partial charge in [-0.2, -0.15) is 0 Å². The van der Waals surface area contributed by atoms with Crippen molar-refractivity contribution in [1.29, 1.82) is 0 Å². The lowest BCUT2D eigenvalue weighted by atomic mass is 10.2. The fourth-order valence-electron chi connectivity index (χ4n) is 2.35. The van der Waals surface area contributed by atoms with Gasteiger partial charge < -0.3 is 14.7 Å². The Hall–Kier alpha value is -1.31. The first-order valence-electron chi connectivity index (χ1n) is 7.01. The minimum Gasteiger partial charge on any atom is -0.483 e. The van der Waals surface area contributed by atoms with E-state index in [1.165, 1.54) is 6.07 Å². The van der Waals surface area contributed by atoms with Crippen LogP contribution in [-0.4, -0.2) is 41.6 Å². The molecule has 0 bridgehead atoms. The fraction of sp³-hybridized carbons (Fsp3) is 0.467. The first kappa shape index (κ1) is 16.1. The summed E-state index contributed by atoms with van der Waals surface area (Å²) in [7, 11) is 0. The number of amides is 1. The summed E-state index contributed by atoms with van der Waals surface area (Å²) in [6.07, 6.45) is 4.36. The summed E-state index contributed by atoms with van der Waals surface area (Å²) in [6.45, 7) is 1.42. The molecule has 1 amide bonds. The third kappa shape index (κ3) is 4.59. The van der Waals surface area contributed by atoms with E-state index in [2.05, 4.69) is 0 Å². The lowest BCUT2D eigenvalue weighted by molar-refractivity contribution is -0.133. The molecule has 5 nitrogen and oxygen atoms in total. The summed E-state index contributed by atoms with van der Waals surface area (Å²) in [5.41, 5.74) is 0.0885. The number of carboxylic acids is 1. The van der Waals surface area contributed by atoms with Gasteiger partial charge in [-0.25, -0.2) is 4.79 Å². The Labute approximate surface area is 137 Å². The second-order valence-corrected chi connectivity index (χ2v) is 6.27. The third-order valence-electron chi connectivity index (χ3n) is 3.48. The number of likely N-dealkylation sites (tertiary alicyclic amines) is 1. The molecule has 1 heterocycles. The average Bonchev–Trinajstić information content (AvgIpc) is 2.74. The van der Waals surface area contributed by atoms with E-state index in [0.717, 1.165) is 42.3 Å². The summed E-state index contributed by atoms with van der Waals surface area (Å²) in [5.74, 6) is -0.886. The molecule has 6 heteroatoms. The molecule has 21 heavy (non-hydrogen) atoms. The molecule has 1 aliphatic rings. The van der Waals surface area contributed by atoms with Crippen LogP contribution in [0.4, 0.5) is 0 Å². The van der Waals surface area contributed by atoms with Crippen molar-refractivity contribution in [3.05, 3.63) is 27.3 Å². The summed E-state index contributed by atoms with van der Waals surface area (Å²) in [6, 6.07) is 4.90. The number of hydrogen-bond donors (Lipinski definition) is 1. The number of aromatic carboxylic acids is 1. The van der Waals surface area contributed by atoms with Crippen LogP contribution in [0.15, 0.2) is 18.2 Å². The maximum atomic E-state index is 12.1. The molecule has 0 aromatic heterocycles. The predicted octanol–water partition coefficient (Wildman–Crippen LogP) is 2.77. The van der Waals surface area contributed by atoms with Gasteiger partial charge in [-0.15, -0.1) is 0 Å². The zero-order valence-electron chi connectivity index (χ0n) is 11.7. The number of carbonyl (C=O) groups excluding carboxylic acids is 1. The van der Waals surface area contributed by atoms with Crippen LogP contribution in [0.2, 0.25) is 0 Å². The van der Waals surface area contributed by atoms with Crippen molar-refractivity contribution >= 4 is 34.5 Å². The van der Waals surface area contributed by atoms with Gasteiger partial charge in [0.2, 0.25) is 0 Å². The van der Waals surface area contributed by atoms with Crippen molar-refractivity contribution < 1.29 is 19.4 Å². The quantitative estimate of drug-likeness (QED) is 0.786. The van der Waals surface area contributed by atoms with E-state index in [4.69, 9.17) is 9.84 Å². The first-order valence-corrected chi connectivity index (χ1v) is 8.09. The monoisotopic (exact) mass is 403 g/mol. The second kappa shape index (κ2) is 7.63. The minimum absolute atomic E-state index is 0.0770. The Morgan fingerprint density at radius 1 is 1.19 bits per heavy atom. The second-order valence-electron chi connectivity index (χ2n) is 5.03. The van der Waals surface area contributed by atoms with Crippen LogP contribution >= 0.6 is 22.6 Å². The predicted molar refractivity (Wildman–Crippen MR) is 86.7 cm³/mol. The van der Waals surface area contributed by atoms with Gasteiger partial charge >= 0.3 is 5.97 Å². The van der Waals surface area contributed by atoms with E-state index in [9.17, 15) is 9.59 Å². The van der Waals surface area contributed by atoms with Crippen LogP contribution in [-0.2, 0) is 4.79 Å². The van der Waals surface area contributed by atoms with Gasteiger partial charge in [-0.3, -0.25) is 4.79 Å². The lowest BCUT2D eigenvalue weighted by Crippen LogP contribution is -2.35. The Kier molecular flexibility index (Phi) is 5.84. The molecule has 0 saturated carbocycles. The van der Waals surface area contributed by atoms with Gasteiger partial charge in [-0.05, 0) is 53.6 Å². The zero-order chi connectivity index (χ0) is 15.2. The van der Waals surface area contributed by atoms with E-state index in [1.807, 2.05) is 22.6 Å². The Morgan fingerprint density at radius 3 is 2.48 bits per heavy atom. The highest BCUT2D eigenvalue weighted by molar-refractivity contribution is 14.1.